The highest BCUT2D eigenvalue weighted by Crippen LogP contribution is 2.57. The molecular formula is C25H21NO11. The zero-order valence-corrected chi connectivity index (χ0v) is 19.0. The Bertz CT molecular complexity index is 1350. The molecule has 0 aliphatic carbocycles. The summed E-state index contributed by atoms with van der Waals surface area (Å²) in [5.74, 6) is -2.34. The van der Waals surface area contributed by atoms with Crippen LogP contribution in [0.15, 0.2) is 54.6 Å². The first-order chi connectivity index (χ1) is 17.7. The number of fused-ring (bicyclic) bond motifs is 6. The topological polar surface area (TPSA) is 194 Å². The number of aliphatic hydroxyl groups is 3. The van der Waals surface area contributed by atoms with Crippen LogP contribution in [0.3, 0.4) is 0 Å². The molecule has 0 fully saturated rings. The molecule has 6 N–H and O–H groups in total. The van der Waals surface area contributed by atoms with Gasteiger partial charge in [0.05, 0.1) is 11.1 Å². The van der Waals surface area contributed by atoms with E-state index in [1.54, 1.807) is 24.3 Å². The van der Waals surface area contributed by atoms with E-state index in [1.165, 1.54) is 30.3 Å². The summed E-state index contributed by atoms with van der Waals surface area (Å²) in [4.78, 5) is 35.5. The molecule has 3 aromatic rings. The van der Waals surface area contributed by atoms with E-state index in [4.69, 9.17) is 24.8 Å². The number of rotatable bonds is 4. The Balaban J connectivity index is 0.000000307. The lowest BCUT2D eigenvalue weighted by Crippen LogP contribution is -2.34. The van der Waals surface area contributed by atoms with Crippen LogP contribution in [-0.4, -0.2) is 73.5 Å². The van der Waals surface area contributed by atoms with Crippen molar-refractivity contribution in [3.63, 3.8) is 0 Å². The van der Waals surface area contributed by atoms with E-state index >= 15 is 0 Å². The monoisotopic (exact) mass is 511 g/mol. The van der Waals surface area contributed by atoms with E-state index in [2.05, 4.69) is 0 Å². The zero-order valence-electron chi connectivity index (χ0n) is 19.0. The molecule has 12 heteroatoms. The van der Waals surface area contributed by atoms with Crippen LogP contribution in [0.2, 0.25) is 0 Å². The number of aliphatic hydroxyl groups excluding tert-OH is 3. The molecule has 0 saturated heterocycles. The Morgan fingerprint density at radius 3 is 1.86 bits per heavy atom. The molecule has 2 aliphatic rings. The van der Waals surface area contributed by atoms with Gasteiger partial charge < -0.3 is 40.1 Å². The first-order valence-corrected chi connectivity index (χ1v) is 10.7. The number of aromatic carboxylic acids is 1. The van der Waals surface area contributed by atoms with Crippen molar-refractivity contribution in [2.24, 2.45) is 0 Å². The molecule has 0 atom stereocenters. The molecule has 1 amide bonds. The SMILES string of the molecule is O=C(CO)N(CO)CO.O=C(O)c1cccc2c1C(=O)OC21c2ccc(O)cc2Oc2cc(O)ccc21. The summed E-state index contributed by atoms with van der Waals surface area (Å²) in [5, 5.41) is 53.9. The van der Waals surface area contributed by atoms with Crippen LogP contribution in [0.25, 0.3) is 0 Å². The number of carbonyl (C=O) groups excluding carboxylic acids is 2. The molecule has 192 valence electrons. The standard InChI is InChI=1S/C21H12O7.C4H9NO4/c22-10-4-6-13-16(8-10)27-17-9-11(23)5-7-14(17)21(13)15-3-1-2-12(19(24)25)18(15)20(26)28-21;6-1-4(9)5(2-7)3-8/h1-9,22-23H,(H,24,25);6-8H,1-3H2. The first kappa shape index (κ1) is 25.4. The Morgan fingerprint density at radius 2 is 1.41 bits per heavy atom. The number of nitrogens with zero attached hydrogens (tertiary/aromatic N) is 1. The van der Waals surface area contributed by atoms with Gasteiger partial charge >= 0.3 is 11.9 Å². The lowest BCUT2D eigenvalue weighted by Gasteiger charge is -2.36. The first-order valence-electron chi connectivity index (χ1n) is 10.7. The fourth-order valence-electron chi connectivity index (χ4n) is 4.23. The molecule has 2 aliphatic heterocycles. The lowest BCUT2D eigenvalue weighted by molar-refractivity contribution is -0.142. The van der Waals surface area contributed by atoms with E-state index in [0.717, 1.165) is 0 Å². The summed E-state index contributed by atoms with van der Waals surface area (Å²) in [6.07, 6.45) is 0. The second-order valence-corrected chi connectivity index (χ2v) is 7.94. The van der Waals surface area contributed by atoms with Crippen molar-refractivity contribution in [3.8, 4) is 23.0 Å². The predicted octanol–water partition coefficient (Wildman–Crippen LogP) is 1.07. The van der Waals surface area contributed by atoms with Crippen LogP contribution in [0.4, 0.5) is 0 Å². The maximum atomic E-state index is 12.8. The molecule has 2 heterocycles. The van der Waals surface area contributed by atoms with Gasteiger partial charge in [0.15, 0.2) is 5.60 Å². The van der Waals surface area contributed by atoms with Crippen molar-refractivity contribution < 1.29 is 54.5 Å². The molecular weight excluding hydrogens is 490 g/mol. The molecule has 0 aromatic heterocycles. The summed E-state index contributed by atoms with van der Waals surface area (Å²) >= 11 is 0. The second kappa shape index (κ2) is 9.78. The zero-order chi connectivity index (χ0) is 26.9. The van der Waals surface area contributed by atoms with Gasteiger partial charge in [-0.05, 0) is 30.3 Å². The van der Waals surface area contributed by atoms with Gasteiger partial charge in [0.2, 0.25) is 0 Å². The minimum absolute atomic E-state index is 0.0325. The number of phenols is 2. The fourth-order valence-corrected chi connectivity index (χ4v) is 4.23. The van der Waals surface area contributed by atoms with Gasteiger partial charge in [-0.3, -0.25) is 9.69 Å². The highest BCUT2D eigenvalue weighted by molar-refractivity contribution is 6.06. The van der Waals surface area contributed by atoms with E-state index in [0.29, 0.717) is 21.6 Å². The third kappa shape index (κ3) is 4.18. The number of benzene rings is 3. The van der Waals surface area contributed by atoms with Crippen molar-refractivity contribution >= 4 is 17.8 Å². The van der Waals surface area contributed by atoms with Crippen LogP contribution < -0.4 is 4.74 Å². The molecule has 0 saturated carbocycles. The molecule has 0 bridgehead atoms. The molecule has 12 nitrogen and oxygen atoms in total. The average Bonchev–Trinajstić information content (AvgIpc) is 3.17. The van der Waals surface area contributed by atoms with Gasteiger partial charge in [-0.1, -0.05) is 12.1 Å². The van der Waals surface area contributed by atoms with Crippen LogP contribution >= 0.6 is 0 Å². The Labute approximate surface area is 208 Å². The lowest BCUT2D eigenvalue weighted by atomic mass is 9.77. The predicted molar refractivity (Wildman–Crippen MR) is 123 cm³/mol. The quantitative estimate of drug-likeness (QED) is 0.217. The van der Waals surface area contributed by atoms with Gasteiger partial charge in [-0.25, -0.2) is 9.59 Å². The molecule has 5 rings (SSSR count). The van der Waals surface area contributed by atoms with Crippen LogP contribution in [0, 0.1) is 0 Å². The summed E-state index contributed by atoms with van der Waals surface area (Å²) in [6, 6.07) is 13.3. The number of carbonyl (C=O) groups is 3. The normalized spacial score (nSPS) is 13.8. The maximum Gasteiger partial charge on any atom is 0.341 e. The summed E-state index contributed by atoms with van der Waals surface area (Å²) in [6.45, 7) is -1.84. The third-order valence-corrected chi connectivity index (χ3v) is 5.86. The molecule has 1 spiro atoms. The number of aromatic hydroxyl groups is 2. The number of ether oxygens (including phenoxy) is 2. The van der Waals surface area contributed by atoms with E-state index in [-0.39, 0.29) is 34.1 Å². The van der Waals surface area contributed by atoms with Gasteiger partial charge in [0, 0.05) is 28.8 Å². The fraction of sp³-hybridized carbons (Fsp3) is 0.160. The Morgan fingerprint density at radius 1 is 0.838 bits per heavy atom. The van der Waals surface area contributed by atoms with Crippen molar-refractivity contribution in [2.45, 2.75) is 5.60 Å². The highest BCUT2D eigenvalue weighted by Gasteiger charge is 2.54. The van der Waals surface area contributed by atoms with Gasteiger partial charge in [-0.2, -0.15) is 0 Å². The van der Waals surface area contributed by atoms with E-state index in [1.807, 2.05) is 0 Å². The molecule has 3 aromatic carbocycles. The minimum Gasteiger partial charge on any atom is -0.508 e. The van der Waals surface area contributed by atoms with Crippen molar-refractivity contribution in [1.82, 2.24) is 4.90 Å². The number of hydrogen-bond donors (Lipinski definition) is 6. The molecule has 0 radical (unpaired) electrons. The maximum absolute atomic E-state index is 12.8. The van der Waals surface area contributed by atoms with E-state index in [9.17, 15) is 29.7 Å². The number of amides is 1. The van der Waals surface area contributed by atoms with Gasteiger partial charge in [0.1, 0.15) is 43.1 Å². The Kier molecular flexibility index (Phi) is 6.72. The molecule has 37 heavy (non-hydrogen) atoms. The van der Waals surface area contributed by atoms with Gasteiger partial charge in [-0.15, -0.1) is 0 Å². The van der Waals surface area contributed by atoms with E-state index < -0.39 is 43.5 Å². The Hall–Kier alpha value is -4.65. The second-order valence-electron chi connectivity index (χ2n) is 7.94. The number of phenolic OH excluding ortho intramolecular Hbond substituents is 2. The minimum atomic E-state index is -1.46. The largest absolute Gasteiger partial charge is 0.508 e. The smallest absolute Gasteiger partial charge is 0.341 e. The van der Waals surface area contributed by atoms with Crippen LogP contribution in [-0.2, 0) is 15.1 Å². The van der Waals surface area contributed by atoms with Crippen molar-refractivity contribution in [2.75, 3.05) is 20.1 Å². The molecule has 0 unspecified atom stereocenters. The van der Waals surface area contributed by atoms with Crippen LogP contribution in [0.5, 0.6) is 23.0 Å². The number of esters is 1. The number of carboxylic acids is 1. The van der Waals surface area contributed by atoms with Crippen LogP contribution in [0.1, 0.15) is 37.4 Å². The summed E-state index contributed by atoms with van der Waals surface area (Å²) < 4.78 is 11.7. The summed E-state index contributed by atoms with van der Waals surface area (Å²) in [5.41, 5.74) is -0.403. The average molecular weight is 511 g/mol. The third-order valence-electron chi connectivity index (χ3n) is 5.86. The van der Waals surface area contributed by atoms with Gasteiger partial charge in [0.25, 0.3) is 5.91 Å². The van der Waals surface area contributed by atoms with Crippen molar-refractivity contribution in [3.05, 3.63) is 82.4 Å². The highest BCUT2D eigenvalue weighted by atomic mass is 16.6. The summed E-state index contributed by atoms with van der Waals surface area (Å²) in [7, 11) is 0. The number of hydrogen-bond acceptors (Lipinski definition) is 10. The van der Waals surface area contributed by atoms with Crippen molar-refractivity contribution in [1.29, 1.82) is 0 Å². The number of carboxylic acid groups (broad SMARTS) is 1.